The van der Waals surface area contributed by atoms with E-state index in [0.717, 1.165) is 18.5 Å². The van der Waals surface area contributed by atoms with Crippen molar-refractivity contribution in [3.05, 3.63) is 29.8 Å². The van der Waals surface area contributed by atoms with Crippen molar-refractivity contribution in [2.24, 2.45) is 0 Å². The minimum absolute atomic E-state index is 0.000185. The number of carbonyl (C=O) groups is 1. The molecule has 3 heteroatoms. The number of fused-ring (bicyclic) bond motifs is 1. The Balaban J connectivity index is 2.13. The summed E-state index contributed by atoms with van der Waals surface area (Å²) in [6.07, 6.45) is 6.84. The molecule has 0 saturated carbocycles. The summed E-state index contributed by atoms with van der Waals surface area (Å²) in [5.41, 5.74) is 2.10. The number of benzene rings is 1. The van der Waals surface area contributed by atoms with Crippen LogP contribution in [0.2, 0.25) is 0 Å². The van der Waals surface area contributed by atoms with Gasteiger partial charge in [-0.1, -0.05) is 24.1 Å². The van der Waals surface area contributed by atoms with E-state index >= 15 is 0 Å². The second-order valence-electron chi connectivity index (χ2n) is 3.82. The molecule has 1 amide bonds. The predicted molar refractivity (Wildman–Crippen MR) is 64.0 cm³/mol. The predicted octanol–water partition coefficient (Wildman–Crippen LogP) is 1.16. The van der Waals surface area contributed by atoms with Crippen molar-refractivity contribution in [3.63, 3.8) is 0 Å². The van der Waals surface area contributed by atoms with Crippen LogP contribution in [-0.2, 0) is 11.2 Å². The highest BCUT2D eigenvalue weighted by molar-refractivity contribution is 5.96. The Morgan fingerprint density at radius 2 is 2.31 bits per heavy atom. The summed E-state index contributed by atoms with van der Waals surface area (Å²) in [5, 5.41) is 5.96. The molecule has 1 aliphatic rings. The number of para-hydroxylation sites is 1. The first kappa shape index (κ1) is 10.7. The molecule has 2 N–H and O–H groups in total. The van der Waals surface area contributed by atoms with Gasteiger partial charge < -0.3 is 5.32 Å². The molecule has 1 aromatic carbocycles. The van der Waals surface area contributed by atoms with Crippen molar-refractivity contribution in [2.75, 3.05) is 11.9 Å². The smallest absolute Gasteiger partial charge is 0.241 e. The second kappa shape index (κ2) is 4.82. The molecule has 0 spiro atoms. The van der Waals surface area contributed by atoms with Crippen molar-refractivity contribution in [2.45, 2.75) is 18.9 Å². The first-order chi connectivity index (χ1) is 7.81. The van der Waals surface area contributed by atoms with Gasteiger partial charge in [0.05, 0.1) is 12.6 Å². The minimum atomic E-state index is -0.191. The highest BCUT2D eigenvalue weighted by Crippen LogP contribution is 2.21. The Morgan fingerprint density at radius 3 is 3.12 bits per heavy atom. The van der Waals surface area contributed by atoms with Crippen LogP contribution in [0.4, 0.5) is 5.69 Å². The van der Waals surface area contributed by atoms with Gasteiger partial charge in [-0.25, -0.2) is 0 Å². The summed E-state index contributed by atoms with van der Waals surface area (Å²) >= 11 is 0. The number of amides is 1. The lowest BCUT2D eigenvalue weighted by atomic mass is 10.1. The lowest BCUT2D eigenvalue weighted by Crippen LogP contribution is -2.39. The van der Waals surface area contributed by atoms with Gasteiger partial charge in [0.25, 0.3) is 0 Å². The number of terminal acetylenes is 1. The fraction of sp³-hybridized carbons (Fsp3) is 0.308. The third-order valence-corrected chi connectivity index (χ3v) is 2.74. The Morgan fingerprint density at radius 1 is 1.50 bits per heavy atom. The van der Waals surface area contributed by atoms with Crippen LogP contribution in [-0.4, -0.2) is 18.5 Å². The van der Waals surface area contributed by atoms with E-state index in [2.05, 4.69) is 16.6 Å². The molecular formula is C13H14N2O. The van der Waals surface area contributed by atoms with Gasteiger partial charge in [0.15, 0.2) is 0 Å². The van der Waals surface area contributed by atoms with Crippen LogP contribution in [0.3, 0.4) is 0 Å². The number of carbonyl (C=O) groups excluding carboxylic acids is 1. The van der Waals surface area contributed by atoms with E-state index in [9.17, 15) is 4.79 Å². The molecule has 1 atom stereocenters. The fourth-order valence-corrected chi connectivity index (χ4v) is 1.89. The van der Waals surface area contributed by atoms with E-state index in [4.69, 9.17) is 6.42 Å². The minimum Gasteiger partial charge on any atom is -0.324 e. The lowest BCUT2D eigenvalue weighted by Gasteiger charge is -2.12. The third kappa shape index (κ3) is 2.23. The largest absolute Gasteiger partial charge is 0.324 e. The van der Waals surface area contributed by atoms with E-state index in [-0.39, 0.29) is 11.9 Å². The van der Waals surface area contributed by atoms with Crippen molar-refractivity contribution in [1.82, 2.24) is 5.32 Å². The summed E-state index contributed by atoms with van der Waals surface area (Å²) in [4.78, 5) is 11.8. The third-order valence-electron chi connectivity index (χ3n) is 2.74. The molecule has 82 valence electrons. The molecule has 0 aromatic heterocycles. The quantitative estimate of drug-likeness (QED) is 0.725. The molecule has 1 aliphatic heterocycles. The zero-order valence-electron chi connectivity index (χ0n) is 8.99. The van der Waals surface area contributed by atoms with Gasteiger partial charge in [0.1, 0.15) is 0 Å². The Kier molecular flexibility index (Phi) is 3.23. The van der Waals surface area contributed by atoms with Crippen molar-refractivity contribution >= 4 is 11.6 Å². The SMILES string of the molecule is C#CCNC1CCc2ccccc2NC1=O. The first-order valence-corrected chi connectivity index (χ1v) is 5.37. The molecule has 0 bridgehead atoms. The number of hydrogen-bond acceptors (Lipinski definition) is 2. The van der Waals surface area contributed by atoms with E-state index < -0.39 is 0 Å². The average molecular weight is 214 g/mol. The van der Waals surface area contributed by atoms with E-state index in [0.29, 0.717) is 6.54 Å². The van der Waals surface area contributed by atoms with Crippen molar-refractivity contribution in [3.8, 4) is 12.3 Å². The summed E-state index contributed by atoms with van der Waals surface area (Å²) in [7, 11) is 0. The maximum atomic E-state index is 11.8. The van der Waals surface area contributed by atoms with Crippen LogP contribution in [0.1, 0.15) is 12.0 Å². The summed E-state index contributed by atoms with van der Waals surface area (Å²) in [6, 6.07) is 7.69. The molecule has 1 aromatic rings. The number of nitrogens with one attached hydrogen (secondary N) is 2. The zero-order chi connectivity index (χ0) is 11.4. The van der Waals surface area contributed by atoms with Crippen LogP contribution in [0.15, 0.2) is 24.3 Å². The van der Waals surface area contributed by atoms with Gasteiger partial charge in [-0.05, 0) is 24.5 Å². The Bertz CT molecular complexity index is 434. The van der Waals surface area contributed by atoms with E-state index in [1.165, 1.54) is 5.56 Å². The van der Waals surface area contributed by atoms with Gasteiger partial charge in [-0.2, -0.15) is 0 Å². The van der Waals surface area contributed by atoms with Crippen LogP contribution in [0.5, 0.6) is 0 Å². The number of anilines is 1. The summed E-state index contributed by atoms with van der Waals surface area (Å²) in [5.74, 6) is 2.49. The Hall–Kier alpha value is -1.79. The molecule has 0 radical (unpaired) electrons. The van der Waals surface area contributed by atoms with E-state index in [1.807, 2.05) is 24.3 Å². The molecule has 0 aliphatic carbocycles. The monoisotopic (exact) mass is 214 g/mol. The highest BCUT2D eigenvalue weighted by Gasteiger charge is 2.22. The molecule has 0 fully saturated rings. The summed E-state index contributed by atoms with van der Waals surface area (Å²) < 4.78 is 0. The second-order valence-corrected chi connectivity index (χ2v) is 3.82. The standard InChI is InChI=1S/C13H14N2O/c1-2-9-14-12-8-7-10-5-3-4-6-11(10)15-13(12)16/h1,3-6,12,14H,7-9H2,(H,15,16). The van der Waals surface area contributed by atoms with Gasteiger partial charge >= 0.3 is 0 Å². The van der Waals surface area contributed by atoms with Crippen LogP contribution in [0, 0.1) is 12.3 Å². The number of aryl methyl sites for hydroxylation is 1. The number of hydrogen-bond donors (Lipinski definition) is 2. The van der Waals surface area contributed by atoms with Gasteiger partial charge in [-0.15, -0.1) is 6.42 Å². The molecule has 1 unspecified atom stereocenters. The topological polar surface area (TPSA) is 41.1 Å². The Labute approximate surface area is 95.2 Å². The zero-order valence-corrected chi connectivity index (χ0v) is 8.99. The van der Waals surface area contributed by atoms with Gasteiger partial charge in [-0.3, -0.25) is 10.1 Å². The van der Waals surface area contributed by atoms with Crippen molar-refractivity contribution < 1.29 is 4.79 Å². The first-order valence-electron chi connectivity index (χ1n) is 5.37. The van der Waals surface area contributed by atoms with Gasteiger partial charge in [0, 0.05) is 5.69 Å². The lowest BCUT2D eigenvalue weighted by molar-refractivity contribution is -0.118. The van der Waals surface area contributed by atoms with E-state index in [1.54, 1.807) is 0 Å². The normalized spacial score (nSPS) is 19.2. The van der Waals surface area contributed by atoms with Crippen LogP contribution < -0.4 is 10.6 Å². The molecule has 2 rings (SSSR count). The van der Waals surface area contributed by atoms with Crippen LogP contribution in [0.25, 0.3) is 0 Å². The average Bonchev–Trinajstić information content (AvgIpc) is 2.45. The number of rotatable bonds is 2. The molecular weight excluding hydrogens is 200 g/mol. The molecule has 3 nitrogen and oxygen atoms in total. The maximum Gasteiger partial charge on any atom is 0.241 e. The van der Waals surface area contributed by atoms with Gasteiger partial charge in [0.2, 0.25) is 5.91 Å². The summed E-state index contributed by atoms with van der Waals surface area (Å²) in [6.45, 7) is 0.425. The molecule has 0 saturated heterocycles. The fourth-order valence-electron chi connectivity index (χ4n) is 1.89. The highest BCUT2D eigenvalue weighted by atomic mass is 16.2. The molecule has 1 heterocycles. The van der Waals surface area contributed by atoms with Crippen molar-refractivity contribution in [1.29, 1.82) is 0 Å². The molecule has 16 heavy (non-hydrogen) atoms. The van der Waals surface area contributed by atoms with Crippen LogP contribution >= 0.6 is 0 Å². The maximum absolute atomic E-state index is 11.8.